The number of carbonyl (C=O) groups is 1. The van der Waals surface area contributed by atoms with E-state index in [0.29, 0.717) is 35.3 Å². The van der Waals surface area contributed by atoms with E-state index in [0.717, 1.165) is 11.4 Å². The molecule has 2 atom stereocenters. The number of hydrogen-bond acceptors (Lipinski definition) is 4. The Labute approximate surface area is 168 Å². The number of nitrogens with zero attached hydrogens (tertiary/aromatic N) is 3. The predicted molar refractivity (Wildman–Crippen MR) is 107 cm³/mol. The molecule has 0 radical (unpaired) electrons. The summed E-state index contributed by atoms with van der Waals surface area (Å²) in [5.41, 5.74) is 1.79. The molecule has 146 valence electrons. The Balaban J connectivity index is 1.78. The zero-order chi connectivity index (χ0) is 19.8. The highest BCUT2D eigenvalue weighted by Gasteiger charge is 2.29. The molecule has 1 saturated heterocycles. The average molecular weight is 400 g/mol. The van der Waals surface area contributed by atoms with Crippen LogP contribution in [0.2, 0.25) is 5.02 Å². The standard InChI is InChI=1S/C21H22ClN3O3/c1-13-7-8-20(28-13)18-10-19(21(26)24-11-14(2)27-15(3)12-24)25(23-18)17-6-4-5-16(22)9-17/h4-10,14-15H,11-12H2,1-3H3. The molecule has 1 aromatic carbocycles. The van der Waals surface area contributed by atoms with Crippen LogP contribution in [0.5, 0.6) is 0 Å². The molecule has 3 heterocycles. The third-order valence-electron chi connectivity index (χ3n) is 4.68. The lowest BCUT2D eigenvalue weighted by Gasteiger charge is -2.35. The van der Waals surface area contributed by atoms with Gasteiger partial charge in [-0.1, -0.05) is 17.7 Å². The lowest BCUT2D eigenvalue weighted by atomic mass is 10.2. The summed E-state index contributed by atoms with van der Waals surface area (Å²) in [5, 5.41) is 5.22. The van der Waals surface area contributed by atoms with Crippen molar-refractivity contribution in [3.05, 3.63) is 58.9 Å². The third kappa shape index (κ3) is 3.70. The fourth-order valence-corrected chi connectivity index (χ4v) is 3.72. The van der Waals surface area contributed by atoms with E-state index in [2.05, 4.69) is 5.10 Å². The molecule has 0 N–H and O–H groups in total. The topological polar surface area (TPSA) is 60.5 Å². The number of rotatable bonds is 3. The van der Waals surface area contributed by atoms with E-state index in [1.165, 1.54) is 0 Å². The number of amides is 1. The zero-order valence-electron chi connectivity index (χ0n) is 16.1. The van der Waals surface area contributed by atoms with Gasteiger partial charge in [0.15, 0.2) is 5.76 Å². The molecule has 28 heavy (non-hydrogen) atoms. The van der Waals surface area contributed by atoms with Gasteiger partial charge in [0.1, 0.15) is 17.1 Å². The van der Waals surface area contributed by atoms with Gasteiger partial charge in [-0.2, -0.15) is 5.10 Å². The van der Waals surface area contributed by atoms with Gasteiger partial charge in [-0.3, -0.25) is 4.79 Å². The number of hydrogen-bond donors (Lipinski definition) is 0. The highest BCUT2D eigenvalue weighted by Crippen LogP contribution is 2.26. The normalized spacial score (nSPS) is 19.8. The Morgan fingerprint density at radius 2 is 1.89 bits per heavy atom. The molecule has 6 nitrogen and oxygen atoms in total. The first-order valence-electron chi connectivity index (χ1n) is 9.28. The molecular formula is C21H22ClN3O3. The molecule has 0 spiro atoms. The summed E-state index contributed by atoms with van der Waals surface area (Å²) in [4.78, 5) is 15.2. The van der Waals surface area contributed by atoms with E-state index < -0.39 is 0 Å². The maximum absolute atomic E-state index is 13.4. The molecule has 1 amide bonds. The van der Waals surface area contributed by atoms with Gasteiger partial charge in [-0.25, -0.2) is 4.68 Å². The molecule has 0 aliphatic carbocycles. The second-order valence-corrected chi connectivity index (χ2v) is 7.62. The van der Waals surface area contributed by atoms with Crippen molar-refractivity contribution in [2.75, 3.05) is 13.1 Å². The van der Waals surface area contributed by atoms with Gasteiger partial charge in [-0.15, -0.1) is 0 Å². The van der Waals surface area contributed by atoms with Gasteiger partial charge in [0.2, 0.25) is 0 Å². The Morgan fingerprint density at radius 1 is 1.14 bits per heavy atom. The van der Waals surface area contributed by atoms with Crippen molar-refractivity contribution in [1.82, 2.24) is 14.7 Å². The minimum Gasteiger partial charge on any atom is -0.460 e. The van der Waals surface area contributed by atoms with Crippen LogP contribution in [-0.2, 0) is 4.74 Å². The summed E-state index contributed by atoms with van der Waals surface area (Å²) in [6, 6.07) is 12.8. The van der Waals surface area contributed by atoms with Crippen molar-refractivity contribution >= 4 is 17.5 Å². The number of halogens is 1. The first kappa shape index (κ1) is 18.8. The second kappa shape index (κ2) is 7.45. The van der Waals surface area contributed by atoms with E-state index in [-0.39, 0.29) is 18.1 Å². The van der Waals surface area contributed by atoms with Gasteiger partial charge in [0.25, 0.3) is 5.91 Å². The lowest BCUT2D eigenvalue weighted by molar-refractivity contribution is -0.0588. The number of benzene rings is 1. The minimum absolute atomic E-state index is 0.0116. The Kier molecular flexibility index (Phi) is 5.00. The summed E-state index contributed by atoms with van der Waals surface area (Å²) in [6.45, 7) is 6.90. The molecule has 2 unspecified atom stereocenters. The monoisotopic (exact) mass is 399 g/mol. The number of furan rings is 1. The lowest BCUT2D eigenvalue weighted by Crippen LogP contribution is -2.48. The highest BCUT2D eigenvalue weighted by molar-refractivity contribution is 6.30. The van der Waals surface area contributed by atoms with Crippen molar-refractivity contribution in [2.24, 2.45) is 0 Å². The predicted octanol–water partition coefficient (Wildman–Crippen LogP) is 4.34. The van der Waals surface area contributed by atoms with Crippen LogP contribution in [0.25, 0.3) is 17.1 Å². The van der Waals surface area contributed by atoms with Crippen LogP contribution in [-0.4, -0.2) is 45.9 Å². The van der Waals surface area contributed by atoms with Gasteiger partial charge < -0.3 is 14.1 Å². The third-order valence-corrected chi connectivity index (χ3v) is 4.92. The summed E-state index contributed by atoms with van der Waals surface area (Å²) in [5.74, 6) is 1.32. The minimum atomic E-state index is -0.0935. The molecule has 1 aliphatic heterocycles. The summed E-state index contributed by atoms with van der Waals surface area (Å²) in [6.07, 6.45) is -0.0233. The first-order chi connectivity index (χ1) is 13.4. The summed E-state index contributed by atoms with van der Waals surface area (Å²) in [7, 11) is 0. The number of ether oxygens (including phenoxy) is 1. The van der Waals surface area contributed by atoms with E-state index >= 15 is 0 Å². The van der Waals surface area contributed by atoms with Crippen molar-refractivity contribution in [3.63, 3.8) is 0 Å². The molecule has 1 aliphatic rings. The zero-order valence-corrected chi connectivity index (χ0v) is 16.8. The maximum atomic E-state index is 13.4. The fraction of sp³-hybridized carbons (Fsp3) is 0.333. The van der Waals surface area contributed by atoms with Crippen LogP contribution >= 0.6 is 11.6 Å². The molecule has 7 heteroatoms. The van der Waals surface area contributed by atoms with Crippen molar-refractivity contribution in [1.29, 1.82) is 0 Å². The van der Waals surface area contributed by atoms with Gasteiger partial charge in [0.05, 0.1) is 17.9 Å². The molecule has 3 aromatic rings. The van der Waals surface area contributed by atoms with Crippen LogP contribution in [0.3, 0.4) is 0 Å². The molecule has 4 rings (SSSR count). The van der Waals surface area contributed by atoms with E-state index in [4.69, 9.17) is 20.8 Å². The van der Waals surface area contributed by atoms with Crippen molar-refractivity contribution < 1.29 is 13.9 Å². The molecule has 0 saturated carbocycles. The molecule has 0 bridgehead atoms. The van der Waals surface area contributed by atoms with Crippen LogP contribution in [0.4, 0.5) is 0 Å². The van der Waals surface area contributed by atoms with Crippen molar-refractivity contribution in [3.8, 4) is 17.1 Å². The van der Waals surface area contributed by atoms with Gasteiger partial charge in [-0.05, 0) is 51.1 Å². The molecular weight excluding hydrogens is 378 g/mol. The van der Waals surface area contributed by atoms with Crippen LogP contribution in [0, 0.1) is 6.92 Å². The van der Waals surface area contributed by atoms with Crippen molar-refractivity contribution in [2.45, 2.75) is 33.0 Å². The Bertz CT molecular complexity index is 1000. The quantitative estimate of drug-likeness (QED) is 0.657. The van der Waals surface area contributed by atoms with E-state index in [9.17, 15) is 4.79 Å². The molecule has 2 aromatic heterocycles. The van der Waals surface area contributed by atoms with Crippen LogP contribution in [0.15, 0.2) is 46.9 Å². The van der Waals surface area contributed by atoms with E-state index in [1.807, 2.05) is 49.9 Å². The fourth-order valence-electron chi connectivity index (χ4n) is 3.54. The number of carbonyl (C=O) groups excluding carboxylic acids is 1. The number of aromatic nitrogens is 2. The average Bonchev–Trinajstić information content (AvgIpc) is 3.26. The highest BCUT2D eigenvalue weighted by atomic mass is 35.5. The van der Waals surface area contributed by atoms with Gasteiger partial charge in [0, 0.05) is 24.2 Å². The smallest absolute Gasteiger partial charge is 0.272 e. The summed E-state index contributed by atoms with van der Waals surface area (Å²) < 4.78 is 13.1. The van der Waals surface area contributed by atoms with E-state index in [1.54, 1.807) is 22.9 Å². The second-order valence-electron chi connectivity index (χ2n) is 7.18. The Hall–Kier alpha value is -2.57. The Morgan fingerprint density at radius 3 is 2.54 bits per heavy atom. The van der Waals surface area contributed by atoms with Crippen LogP contribution < -0.4 is 0 Å². The summed E-state index contributed by atoms with van der Waals surface area (Å²) >= 11 is 6.17. The van der Waals surface area contributed by atoms with Crippen LogP contribution in [0.1, 0.15) is 30.1 Å². The number of aryl methyl sites for hydroxylation is 1. The first-order valence-corrected chi connectivity index (χ1v) is 9.66. The largest absolute Gasteiger partial charge is 0.460 e. The number of morpholine rings is 1. The van der Waals surface area contributed by atoms with Gasteiger partial charge >= 0.3 is 0 Å². The SMILES string of the molecule is Cc1ccc(-c2cc(C(=O)N3CC(C)OC(C)C3)n(-c3cccc(Cl)c3)n2)o1. The maximum Gasteiger partial charge on any atom is 0.272 e. The molecule has 1 fully saturated rings.